The predicted molar refractivity (Wildman–Crippen MR) is 72.6 cm³/mol. The number of benzene rings is 1. The van der Waals surface area contributed by atoms with Gasteiger partial charge in [-0.15, -0.1) is 5.10 Å². The van der Waals surface area contributed by atoms with Gasteiger partial charge in [-0.2, -0.15) is 18.2 Å². The largest absolute Gasteiger partial charge is 0.417 e. The lowest BCUT2D eigenvalue weighted by Crippen LogP contribution is -2.08. The van der Waals surface area contributed by atoms with Gasteiger partial charge >= 0.3 is 6.18 Å². The third kappa shape index (κ3) is 2.20. The van der Waals surface area contributed by atoms with Gasteiger partial charge in [0, 0.05) is 11.3 Å². The molecule has 2 heterocycles. The van der Waals surface area contributed by atoms with Crippen molar-refractivity contribution in [1.29, 1.82) is 0 Å². The van der Waals surface area contributed by atoms with Crippen LogP contribution in [0.2, 0.25) is 0 Å². The summed E-state index contributed by atoms with van der Waals surface area (Å²) in [6.07, 6.45) is -4.42. The van der Waals surface area contributed by atoms with Crippen molar-refractivity contribution in [1.82, 2.24) is 14.6 Å². The second-order valence-electron chi connectivity index (χ2n) is 4.62. The van der Waals surface area contributed by atoms with Gasteiger partial charge < -0.3 is 5.73 Å². The molecule has 0 spiro atoms. The molecule has 7 heteroatoms. The van der Waals surface area contributed by atoms with Crippen molar-refractivity contribution in [3.05, 3.63) is 47.7 Å². The minimum Gasteiger partial charge on any atom is -0.366 e. The van der Waals surface area contributed by atoms with Gasteiger partial charge in [-0.3, -0.25) is 0 Å². The second-order valence-corrected chi connectivity index (χ2v) is 4.62. The molecule has 0 saturated carbocycles. The smallest absolute Gasteiger partial charge is 0.366 e. The summed E-state index contributed by atoms with van der Waals surface area (Å²) in [5, 5.41) is 3.99. The molecule has 3 rings (SSSR count). The number of pyridine rings is 1. The summed E-state index contributed by atoms with van der Waals surface area (Å²) >= 11 is 0. The molecule has 1 aromatic carbocycles. The molecule has 108 valence electrons. The molecule has 21 heavy (non-hydrogen) atoms. The Morgan fingerprint density at radius 2 is 1.76 bits per heavy atom. The van der Waals surface area contributed by atoms with Gasteiger partial charge in [-0.25, -0.2) is 4.52 Å². The van der Waals surface area contributed by atoms with Gasteiger partial charge in [0.15, 0.2) is 5.65 Å². The number of hydrogen-bond donors (Lipinski definition) is 1. The number of anilines is 1. The Labute approximate surface area is 118 Å². The summed E-state index contributed by atoms with van der Waals surface area (Å²) in [6, 6.07) is 8.64. The lowest BCUT2D eigenvalue weighted by Gasteiger charge is -2.14. The number of aryl methyl sites for hydroxylation is 1. The van der Waals surface area contributed by atoms with Crippen molar-refractivity contribution < 1.29 is 13.2 Å². The topological polar surface area (TPSA) is 56.2 Å². The standard InChI is InChI=1S/C14H11F3N4/c1-8-9(6-7-12-19-13(18)20-21(8)12)10-4-2-3-5-11(10)14(15,16)17/h2-7H,1H3,(H2,18,20). The molecule has 0 atom stereocenters. The summed E-state index contributed by atoms with van der Waals surface area (Å²) in [6.45, 7) is 1.68. The van der Waals surface area contributed by atoms with Gasteiger partial charge in [0.05, 0.1) is 5.56 Å². The maximum Gasteiger partial charge on any atom is 0.417 e. The minimum atomic E-state index is -4.42. The van der Waals surface area contributed by atoms with E-state index in [1.54, 1.807) is 25.1 Å². The van der Waals surface area contributed by atoms with Crippen LogP contribution >= 0.6 is 0 Å². The number of halogens is 3. The first-order valence-corrected chi connectivity index (χ1v) is 6.16. The zero-order valence-corrected chi connectivity index (χ0v) is 11.0. The Kier molecular flexibility index (Phi) is 2.86. The van der Waals surface area contributed by atoms with Crippen molar-refractivity contribution in [2.24, 2.45) is 0 Å². The number of fused-ring (bicyclic) bond motifs is 1. The molecule has 0 fully saturated rings. The fourth-order valence-electron chi connectivity index (χ4n) is 2.34. The van der Waals surface area contributed by atoms with E-state index in [1.165, 1.54) is 16.6 Å². The van der Waals surface area contributed by atoms with Crippen molar-refractivity contribution in [3.63, 3.8) is 0 Å². The quantitative estimate of drug-likeness (QED) is 0.748. The Morgan fingerprint density at radius 3 is 2.48 bits per heavy atom. The van der Waals surface area contributed by atoms with Crippen LogP contribution in [0.15, 0.2) is 36.4 Å². The van der Waals surface area contributed by atoms with Crippen LogP contribution in [0.25, 0.3) is 16.8 Å². The van der Waals surface area contributed by atoms with E-state index >= 15 is 0 Å². The van der Waals surface area contributed by atoms with E-state index in [0.717, 1.165) is 6.07 Å². The SMILES string of the molecule is Cc1c(-c2ccccc2C(F)(F)F)ccc2nc(N)nn12. The Balaban J connectivity index is 2.29. The average Bonchev–Trinajstić information content (AvgIpc) is 2.80. The monoisotopic (exact) mass is 292 g/mol. The first-order chi connectivity index (χ1) is 9.88. The first-order valence-electron chi connectivity index (χ1n) is 6.16. The molecule has 0 aliphatic carbocycles. The summed E-state index contributed by atoms with van der Waals surface area (Å²) in [5.41, 5.74) is 6.45. The average molecular weight is 292 g/mol. The maximum atomic E-state index is 13.1. The number of nitrogens with two attached hydrogens (primary N) is 1. The number of nitrogens with zero attached hydrogens (tertiary/aromatic N) is 3. The number of alkyl halides is 3. The highest BCUT2D eigenvalue weighted by Crippen LogP contribution is 2.37. The highest BCUT2D eigenvalue weighted by atomic mass is 19.4. The Hall–Kier alpha value is -2.57. The van der Waals surface area contributed by atoms with Gasteiger partial charge in [0.1, 0.15) is 0 Å². The number of nitrogen functional groups attached to an aromatic ring is 1. The van der Waals surface area contributed by atoms with E-state index in [2.05, 4.69) is 10.1 Å². The highest BCUT2D eigenvalue weighted by Gasteiger charge is 2.33. The fourth-order valence-corrected chi connectivity index (χ4v) is 2.34. The van der Waals surface area contributed by atoms with Crippen LogP contribution in [0, 0.1) is 6.92 Å². The van der Waals surface area contributed by atoms with Crippen LogP contribution in [0.5, 0.6) is 0 Å². The molecular formula is C14H11F3N4. The van der Waals surface area contributed by atoms with Crippen LogP contribution in [0.4, 0.5) is 19.1 Å². The molecule has 4 nitrogen and oxygen atoms in total. The van der Waals surface area contributed by atoms with Gasteiger partial charge in [-0.1, -0.05) is 18.2 Å². The Bertz CT molecular complexity index is 821. The molecule has 0 bridgehead atoms. The molecule has 2 aromatic heterocycles. The van der Waals surface area contributed by atoms with Crippen molar-refractivity contribution >= 4 is 11.6 Å². The van der Waals surface area contributed by atoms with E-state index in [0.29, 0.717) is 16.9 Å². The molecule has 2 N–H and O–H groups in total. The summed E-state index contributed by atoms with van der Waals surface area (Å²) < 4.78 is 40.8. The van der Waals surface area contributed by atoms with Crippen LogP contribution in [0.3, 0.4) is 0 Å². The fraction of sp³-hybridized carbons (Fsp3) is 0.143. The first kappa shape index (κ1) is 13.4. The van der Waals surface area contributed by atoms with E-state index in [4.69, 9.17) is 5.73 Å². The van der Waals surface area contributed by atoms with Crippen LogP contribution in [-0.4, -0.2) is 14.6 Å². The van der Waals surface area contributed by atoms with E-state index < -0.39 is 11.7 Å². The summed E-state index contributed by atoms with van der Waals surface area (Å²) in [4.78, 5) is 3.99. The second kappa shape index (κ2) is 4.47. The van der Waals surface area contributed by atoms with Gasteiger partial charge in [0.2, 0.25) is 5.95 Å². The number of rotatable bonds is 1. The van der Waals surface area contributed by atoms with Crippen LogP contribution in [0.1, 0.15) is 11.3 Å². The maximum absolute atomic E-state index is 13.1. The lowest BCUT2D eigenvalue weighted by atomic mass is 9.98. The van der Waals surface area contributed by atoms with E-state index in [-0.39, 0.29) is 11.5 Å². The number of aromatic nitrogens is 3. The zero-order valence-electron chi connectivity index (χ0n) is 11.0. The van der Waals surface area contributed by atoms with Crippen molar-refractivity contribution in [2.75, 3.05) is 5.73 Å². The molecule has 0 saturated heterocycles. The third-order valence-corrected chi connectivity index (χ3v) is 3.28. The zero-order chi connectivity index (χ0) is 15.2. The molecule has 0 amide bonds. The highest BCUT2D eigenvalue weighted by molar-refractivity contribution is 5.71. The molecule has 0 unspecified atom stereocenters. The summed E-state index contributed by atoms with van der Waals surface area (Å²) in [7, 11) is 0. The van der Waals surface area contributed by atoms with Crippen molar-refractivity contribution in [3.8, 4) is 11.1 Å². The number of hydrogen-bond acceptors (Lipinski definition) is 3. The molecule has 0 radical (unpaired) electrons. The predicted octanol–water partition coefficient (Wildman–Crippen LogP) is 3.31. The summed E-state index contributed by atoms with van der Waals surface area (Å²) in [5.74, 6) is 0.0827. The van der Waals surface area contributed by atoms with E-state index in [9.17, 15) is 13.2 Å². The Morgan fingerprint density at radius 1 is 1.05 bits per heavy atom. The van der Waals surface area contributed by atoms with Crippen LogP contribution < -0.4 is 5.73 Å². The minimum absolute atomic E-state index is 0.0827. The van der Waals surface area contributed by atoms with E-state index in [1.807, 2.05) is 0 Å². The molecule has 0 aliphatic rings. The molecular weight excluding hydrogens is 281 g/mol. The molecule has 3 aromatic rings. The third-order valence-electron chi connectivity index (χ3n) is 3.28. The van der Waals surface area contributed by atoms with Gasteiger partial charge in [-0.05, 0) is 30.7 Å². The lowest BCUT2D eigenvalue weighted by molar-refractivity contribution is -0.137. The van der Waals surface area contributed by atoms with Gasteiger partial charge in [0.25, 0.3) is 0 Å². The van der Waals surface area contributed by atoms with Crippen LogP contribution in [-0.2, 0) is 6.18 Å². The normalized spacial score (nSPS) is 12.0. The molecule has 0 aliphatic heterocycles. The van der Waals surface area contributed by atoms with Crippen molar-refractivity contribution in [2.45, 2.75) is 13.1 Å².